The number of guanidine groups is 1. The molecule has 0 spiro atoms. The van der Waals surface area contributed by atoms with Gasteiger partial charge in [-0.2, -0.15) is 0 Å². The molecule has 0 amide bonds. The number of ether oxygens (including phenoxy) is 2. The Bertz CT molecular complexity index is 651. The van der Waals surface area contributed by atoms with E-state index in [1.807, 2.05) is 12.1 Å². The Labute approximate surface area is 212 Å². The predicted molar refractivity (Wildman–Crippen MR) is 145 cm³/mol. The zero-order valence-electron chi connectivity index (χ0n) is 20.7. The molecular formula is C25H45IN4O2. The largest absolute Gasteiger partial charge is 0.492 e. The van der Waals surface area contributed by atoms with Crippen molar-refractivity contribution in [3.05, 3.63) is 29.8 Å². The van der Waals surface area contributed by atoms with Crippen LogP contribution in [0.5, 0.6) is 5.75 Å². The summed E-state index contributed by atoms with van der Waals surface area (Å²) in [4.78, 5) is 7.17. The summed E-state index contributed by atoms with van der Waals surface area (Å²) in [6.07, 6.45) is 4.59. The number of aliphatic imine (C=N–C) groups is 1. The average molecular weight is 561 g/mol. The Hall–Kier alpha value is -1.06. The van der Waals surface area contributed by atoms with Crippen LogP contribution in [0.2, 0.25) is 0 Å². The van der Waals surface area contributed by atoms with Crippen LogP contribution in [0.15, 0.2) is 29.3 Å². The Morgan fingerprint density at radius 2 is 1.97 bits per heavy atom. The maximum atomic E-state index is 6.03. The maximum Gasteiger partial charge on any atom is 0.191 e. The lowest BCUT2D eigenvalue weighted by Crippen LogP contribution is -2.42. The molecule has 32 heavy (non-hydrogen) atoms. The van der Waals surface area contributed by atoms with Crippen molar-refractivity contribution in [2.24, 2.45) is 10.9 Å². The highest BCUT2D eigenvalue weighted by molar-refractivity contribution is 14.0. The fourth-order valence-electron chi connectivity index (χ4n) is 3.73. The molecule has 1 aliphatic heterocycles. The minimum absolute atomic E-state index is 0. The van der Waals surface area contributed by atoms with Crippen LogP contribution >= 0.6 is 24.0 Å². The molecule has 1 aromatic rings. The summed E-state index contributed by atoms with van der Waals surface area (Å²) in [6.45, 7) is 13.7. The Balaban J connectivity index is 0.00000512. The number of likely N-dealkylation sites (N-methyl/N-ethyl adjacent to an activating group) is 1. The Morgan fingerprint density at radius 1 is 1.22 bits per heavy atom. The smallest absolute Gasteiger partial charge is 0.191 e. The van der Waals surface area contributed by atoms with Gasteiger partial charge in [-0.25, -0.2) is 4.99 Å². The first-order valence-corrected chi connectivity index (χ1v) is 12.0. The number of hydrogen-bond donors (Lipinski definition) is 2. The first-order chi connectivity index (χ1) is 15.0. The van der Waals surface area contributed by atoms with Crippen LogP contribution < -0.4 is 15.4 Å². The summed E-state index contributed by atoms with van der Waals surface area (Å²) in [6, 6.07) is 9.30. The molecular weight excluding hydrogens is 515 g/mol. The number of nitrogens with zero attached hydrogens (tertiary/aromatic N) is 2. The van der Waals surface area contributed by atoms with Crippen LogP contribution in [0.3, 0.4) is 0 Å². The number of rotatable bonds is 12. The van der Waals surface area contributed by atoms with E-state index in [-0.39, 0.29) is 24.0 Å². The molecule has 2 rings (SSSR count). The summed E-state index contributed by atoms with van der Waals surface area (Å²) in [5.41, 5.74) is 1.15. The fraction of sp³-hybridized carbons (Fsp3) is 0.720. The van der Waals surface area contributed by atoms with Gasteiger partial charge < -0.3 is 20.1 Å². The SMILES string of the molecule is CCNC(=NCc1cccc(OCCN(C)C2CCOCC2)c1)NC(C)CCC(C)C.I. The van der Waals surface area contributed by atoms with E-state index in [2.05, 4.69) is 62.4 Å². The van der Waals surface area contributed by atoms with Crippen molar-refractivity contribution in [1.82, 2.24) is 15.5 Å². The van der Waals surface area contributed by atoms with Gasteiger partial charge in [-0.05, 0) is 70.2 Å². The predicted octanol–water partition coefficient (Wildman–Crippen LogP) is 4.67. The second kappa shape index (κ2) is 16.5. The average Bonchev–Trinajstić information content (AvgIpc) is 2.77. The number of benzene rings is 1. The van der Waals surface area contributed by atoms with Gasteiger partial charge in [0.05, 0.1) is 6.54 Å². The molecule has 184 valence electrons. The summed E-state index contributed by atoms with van der Waals surface area (Å²) in [5.74, 6) is 2.52. The summed E-state index contributed by atoms with van der Waals surface area (Å²) >= 11 is 0. The van der Waals surface area contributed by atoms with E-state index in [9.17, 15) is 0 Å². The van der Waals surface area contributed by atoms with Crippen LogP contribution in [0.25, 0.3) is 0 Å². The van der Waals surface area contributed by atoms with Crippen molar-refractivity contribution in [3.63, 3.8) is 0 Å². The van der Waals surface area contributed by atoms with Crippen molar-refractivity contribution < 1.29 is 9.47 Å². The van der Waals surface area contributed by atoms with Crippen LogP contribution in [0.4, 0.5) is 0 Å². The van der Waals surface area contributed by atoms with E-state index in [4.69, 9.17) is 14.5 Å². The lowest BCUT2D eigenvalue weighted by Gasteiger charge is -2.31. The van der Waals surface area contributed by atoms with Gasteiger partial charge in [0.25, 0.3) is 0 Å². The third-order valence-electron chi connectivity index (χ3n) is 5.75. The Morgan fingerprint density at radius 3 is 2.66 bits per heavy atom. The normalized spacial score (nSPS) is 16.0. The second-order valence-electron chi connectivity index (χ2n) is 9.03. The van der Waals surface area contributed by atoms with Crippen LogP contribution in [-0.2, 0) is 11.3 Å². The lowest BCUT2D eigenvalue weighted by atomic mass is 10.0. The molecule has 1 unspecified atom stereocenters. The van der Waals surface area contributed by atoms with Gasteiger partial charge in [0.1, 0.15) is 12.4 Å². The molecule has 0 saturated carbocycles. The molecule has 0 aromatic heterocycles. The molecule has 0 radical (unpaired) electrons. The summed E-state index contributed by atoms with van der Waals surface area (Å²) in [7, 11) is 2.18. The highest BCUT2D eigenvalue weighted by Gasteiger charge is 2.18. The van der Waals surface area contributed by atoms with E-state index in [1.165, 1.54) is 6.42 Å². The van der Waals surface area contributed by atoms with Gasteiger partial charge >= 0.3 is 0 Å². The number of hydrogen-bond acceptors (Lipinski definition) is 4. The van der Waals surface area contributed by atoms with E-state index in [0.29, 0.717) is 25.2 Å². The zero-order chi connectivity index (χ0) is 22.5. The van der Waals surface area contributed by atoms with Crippen molar-refractivity contribution >= 4 is 29.9 Å². The molecule has 2 N–H and O–H groups in total. The molecule has 1 heterocycles. The topological polar surface area (TPSA) is 58.1 Å². The molecule has 1 fully saturated rings. The molecule has 6 nitrogen and oxygen atoms in total. The van der Waals surface area contributed by atoms with Crippen LogP contribution in [0, 0.1) is 5.92 Å². The van der Waals surface area contributed by atoms with Gasteiger partial charge in [0.15, 0.2) is 5.96 Å². The van der Waals surface area contributed by atoms with E-state index in [0.717, 1.165) is 68.8 Å². The van der Waals surface area contributed by atoms with E-state index < -0.39 is 0 Å². The standard InChI is InChI=1S/C25H44N4O2.HI/c1-6-26-25(28-21(4)11-10-20(2)3)27-19-22-8-7-9-24(18-22)31-17-14-29(5)23-12-15-30-16-13-23;/h7-9,18,20-21,23H,6,10-17,19H2,1-5H3,(H2,26,27,28);1H. The summed E-state index contributed by atoms with van der Waals surface area (Å²) < 4.78 is 11.5. The third-order valence-corrected chi connectivity index (χ3v) is 5.75. The van der Waals surface area contributed by atoms with Gasteiger partial charge in [-0.15, -0.1) is 24.0 Å². The number of halogens is 1. The second-order valence-corrected chi connectivity index (χ2v) is 9.03. The van der Waals surface area contributed by atoms with E-state index in [1.54, 1.807) is 0 Å². The van der Waals surface area contributed by atoms with E-state index >= 15 is 0 Å². The van der Waals surface area contributed by atoms with Crippen molar-refractivity contribution in [2.45, 2.75) is 72.0 Å². The quantitative estimate of drug-likeness (QED) is 0.221. The third kappa shape index (κ3) is 11.7. The van der Waals surface area contributed by atoms with Crippen LogP contribution in [0.1, 0.15) is 58.9 Å². The molecule has 1 atom stereocenters. The van der Waals surface area contributed by atoms with Gasteiger partial charge in [-0.1, -0.05) is 26.0 Å². The van der Waals surface area contributed by atoms with Crippen molar-refractivity contribution in [1.29, 1.82) is 0 Å². The Kier molecular flexibility index (Phi) is 15.0. The highest BCUT2D eigenvalue weighted by Crippen LogP contribution is 2.16. The number of nitrogens with one attached hydrogen (secondary N) is 2. The minimum atomic E-state index is 0. The maximum absolute atomic E-state index is 6.03. The molecule has 0 aliphatic carbocycles. The van der Waals surface area contributed by atoms with Gasteiger partial charge in [0, 0.05) is 38.4 Å². The molecule has 1 aromatic carbocycles. The summed E-state index contributed by atoms with van der Waals surface area (Å²) in [5, 5.41) is 6.89. The molecule has 1 aliphatic rings. The fourth-order valence-corrected chi connectivity index (χ4v) is 3.73. The first-order valence-electron chi connectivity index (χ1n) is 12.0. The van der Waals surface area contributed by atoms with Gasteiger partial charge in [-0.3, -0.25) is 4.90 Å². The van der Waals surface area contributed by atoms with Crippen molar-refractivity contribution in [3.8, 4) is 5.75 Å². The molecule has 1 saturated heterocycles. The highest BCUT2D eigenvalue weighted by atomic mass is 127. The first kappa shape index (κ1) is 29.0. The molecule has 0 bridgehead atoms. The van der Waals surface area contributed by atoms with Crippen molar-refractivity contribution in [2.75, 3.05) is 40.0 Å². The molecule has 7 heteroatoms. The van der Waals surface area contributed by atoms with Crippen LogP contribution in [-0.4, -0.2) is 62.9 Å². The lowest BCUT2D eigenvalue weighted by molar-refractivity contribution is 0.0392. The zero-order valence-corrected chi connectivity index (χ0v) is 23.1. The minimum Gasteiger partial charge on any atom is -0.492 e. The van der Waals surface area contributed by atoms with Gasteiger partial charge in [0.2, 0.25) is 0 Å². The monoisotopic (exact) mass is 560 g/mol.